The van der Waals surface area contributed by atoms with Gasteiger partial charge >= 0.3 is 6.03 Å². The second kappa shape index (κ2) is 9.27. The van der Waals surface area contributed by atoms with Crippen molar-refractivity contribution in [3.05, 3.63) is 113 Å². The van der Waals surface area contributed by atoms with Crippen molar-refractivity contribution in [3.63, 3.8) is 0 Å². The van der Waals surface area contributed by atoms with E-state index in [0.717, 1.165) is 26.8 Å². The first-order valence-electron chi connectivity index (χ1n) is 11.2. The topological polar surface area (TPSA) is 75.7 Å². The lowest BCUT2D eigenvalue weighted by molar-refractivity contribution is -0.122. The summed E-state index contributed by atoms with van der Waals surface area (Å²) in [6, 6.07) is 27.5. The zero-order chi connectivity index (χ0) is 24.4. The number of fused-ring (bicyclic) bond motifs is 1. The molecule has 1 saturated heterocycles. The minimum Gasteiger partial charge on any atom is -0.488 e. The number of barbiturate groups is 1. The maximum absolute atomic E-state index is 13.3. The number of hydrogen-bond donors (Lipinski definition) is 1. The first-order valence-corrected chi connectivity index (χ1v) is 11.2. The summed E-state index contributed by atoms with van der Waals surface area (Å²) in [5.74, 6) is -0.904. The molecule has 0 saturated carbocycles. The van der Waals surface area contributed by atoms with E-state index in [2.05, 4.69) is 5.32 Å². The molecule has 1 aliphatic rings. The van der Waals surface area contributed by atoms with Crippen molar-refractivity contribution >= 4 is 40.4 Å². The van der Waals surface area contributed by atoms with Gasteiger partial charge in [0, 0.05) is 5.56 Å². The molecule has 0 atom stereocenters. The number of hydrogen-bond acceptors (Lipinski definition) is 4. The van der Waals surface area contributed by atoms with Gasteiger partial charge in [0.15, 0.2) is 0 Å². The Morgan fingerprint density at radius 3 is 2.40 bits per heavy atom. The molecule has 1 aliphatic heterocycles. The number of urea groups is 1. The third-order valence-electron chi connectivity index (χ3n) is 5.94. The highest BCUT2D eigenvalue weighted by atomic mass is 16.5. The SMILES string of the molecule is Cc1ccccc1N1C(=O)NC(=O)/C(=C\c2ccccc2OCc2cccc3ccccc23)C1=O. The number of nitrogens with zero attached hydrogens (tertiary/aromatic N) is 1. The van der Waals surface area contributed by atoms with Crippen LogP contribution in [-0.2, 0) is 16.2 Å². The van der Waals surface area contributed by atoms with E-state index in [0.29, 0.717) is 23.6 Å². The number of benzene rings is 4. The molecule has 35 heavy (non-hydrogen) atoms. The summed E-state index contributed by atoms with van der Waals surface area (Å²) in [6.07, 6.45) is 1.47. The number of nitrogens with one attached hydrogen (secondary N) is 1. The Bertz CT molecular complexity index is 1500. The van der Waals surface area contributed by atoms with Crippen molar-refractivity contribution in [1.82, 2.24) is 5.32 Å². The Labute approximate surface area is 202 Å². The van der Waals surface area contributed by atoms with E-state index in [1.807, 2.05) is 54.6 Å². The third kappa shape index (κ3) is 4.29. The minimum absolute atomic E-state index is 0.144. The molecule has 0 bridgehead atoms. The van der Waals surface area contributed by atoms with Gasteiger partial charge in [0.1, 0.15) is 17.9 Å². The standard InChI is InChI=1S/C29H22N2O4/c1-19-9-2-6-15-25(19)31-28(33)24(27(32)30-29(31)34)17-21-11-4-7-16-26(21)35-18-22-13-8-12-20-10-3-5-14-23(20)22/h2-17H,18H2,1H3,(H,30,32,34)/b24-17+. The molecular weight excluding hydrogens is 440 g/mol. The van der Waals surface area contributed by atoms with Crippen LogP contribution in [0.5, 0.6) is 5.75 Å². The second-order valence-electron chi connectivity index (χ2n) is 8.21. The first-order chi connectivity index (χ1) is 17.0. The van der Waals surface area contributed by atoms with Crippen LogP contribution < -0.4 is 15.0 Å². The molecule has 6 heteroatoms. The van der Waals surface area contributed by atoms with E-state index >= 15 is 0 Å². The highest BCUT2D eigenvalue weighted by Gasteiger charge is 2.37. The highest BCUT2D eigenvalue weighted by Crippen LogP contribution is 2.28. The van der Waals surface area contributed by atoms with E-state index in [1.165, 1.54) is 6.08 Å². The van der Waals surface area contributed by atoms with Gasteiger partial charge in [-0.1, -0.05) is 78.9 Å². The van der Waals surface area contributed by atoms with Crippen molar-refractivity contribution in [2.75, 3.05) is 4.90 Å². The molecular formula is C29H22N2O4. The summed E-state index contributed by atoms with van der Waals surface area (Å²) < 4.78 is 6.13. The Morgan fingerprint density at radius 1 is 0.829 bits per heavy atom. The summed E-state index contributed by atoms with van der Waals surface area (Å²) in [5.41, 5.74) is 2.60. The highest BCUT2D eigenvalue weighted by molar-refractivity contribution is 6.39. The maximum atomic E-state index is 13.3. The van der Waals surface area contributed by atoms with Crippen molar-refractivity contribution in [3.8, 4) is 5.75 Å². The van der Waals surface area contributed by atoms with E-state index < -0.39 is 17.8 Å². The predicted octanol–water partition coefficient (Wildman–Crippen LogP) is 5.39. The van der Waals surface area contributed by atoms with Gasteiger partial charge in [-0.25, -0.2) is 9.69 Å². The largest absolute Gasteiger partial charge is 0.488 e. The molecule has 172 valence electrons. The predicted molar refractivity (Wildman–Crippen MR) is 135 cm³/mol. The second-order valence-corrected chi connectivity index (χ2v) is 8.21. The molecule has 0 spiro atoms. The number of imide groups is 2. The Balaban J connectivity index is 1.46. The summed E-state index contributed by atoms with van der Waals surface area (Å²) in [5, 5.41) is 4.49. The van der Waals surface area contributed by atoms with Crippen LogP contribution in [0.1, 0.15) is 16.7 Å². The molecule has 4 aromatic carbocycles. The lowest BCUT2D eigenvalue weighted by atomic mass is 10.0. The Morgan fingerprint density at radius 2 is 1.54 bits per heavy atom. The van der Waals surface area contributed by atoms with Gasteiger partial charge in [0.2, 0.25) is 0 Å². The molecule has 4 aromatic rings. The van der Waals surface area contributed by atoms with Gasteiger partial charge in [-0.3, -0.25) is 14.9 Å². The summed E-state index contributed by atoms with van der Waals surface area (Å²) in [7, 11) is 0. The maximum Gasteiger partial charge on any atom is 0.335 e. The summed E-state index contributed by atoms with van der Waals surface area (Å²) >= 11 is 0. The quantitative estimate of drug-likeness (QED) is 0.319. The lowest BCUT2D eigenvalue weighted by Gasteiger charge is -2.27. The van der Waals surface area contributed by atoms with Crippen LogP contribution >= 0.6 is 0 Å². The number of ether oxygens (including phenoxy) is 1. The van der Waals surface area contributed by atoms with Gasteiger partial charge in [-0.15, -0.1) is 0 Å². The van der Waals surface area contributed by atoms with E-state index in [9.17, 15) is 14.4 Å². The molecule has 4 amide bonds. The molecule has 6 nitrogen and oxygen atoms in total. The van der Waals surface area contributed by atoms with E-state index in [4.69, 9.17) is 4.74 Å². The lowest BCUT2D eigenvalue weighted by Crippen LogP contribution is -2.54. The van der Waals surface area contributed by atoms with Crippen molar-refractivity contribution in [2.24, 2.45) is 0 Å². The zero-order valence-corrected chi connectivity index (χ0v) is 19.0. The first kappa shape index (κ1) is 22.1. The number of anilines is 1. The molecule has 0 unspecified atom stereocenters. The number of amides is 4. The number of aryl methyl sites for hydroxylation is 1. The number of carbonyl (C=O) groups is 3. The molecule has 1 heterocycles. The average Bonchev–Trinajstić information content (AvgIpc) is 2.87. The van der Waals surface area contributed by atoms with Gasteiger partial charge in [-0.2, -0.15) is 0 Å². The molecule has 0 aromatic heterocycles. The van der Waals surface area contributed by atoms with Crippen molar-refractivity contribution in [2.45, 2.75) is 13.5 Å². The fraction of sp³-hybridized carbons (Fsp3) is 0.0690. The zero-order valence-electron chi connectivity index (χ0n) is 19.0. The minimum atomic E-state index is -0.771. The summed E-state index contributed by atoms with van der Waals surface area (Å²) in [4.78, 5) is 39.4. The van der Waals surface area contributed by atoms with Crippen LogP contribution in [0.4, 0.5) is 10.5 Å². The number of carbonyl (C=O) groups excluding carboxylic acids is 3. The molecule has 0 aliphatic carbocycles. The van der Waals surface area contributed by atoms with Crippen LogP contribution in [0, 0.1) is 6.92 Å². The fourth-order valence-electron chi connectivity index (χ4n) is 4.15. The molecule has 1 N–H and O–H groups in total. The monoisotopic (exact) mass is 462 g/mol. The average molecular weight is 463 g/mol. The molecule has 1 fully saturated rings. The van der Waals surface area contributed by atoms with E-state index in [-0.39, 0.29) is 5.57 Å². The van der Waals surface area contributed by atoms with Crippen molar-refractivity contribution < 1.29 is 19.1 Å². The number of para-hydroxylation sites is 2. The number of rotatable bonds is 5. The van der Waals surface area contributed by atoms with Crippen LogP contribution in [0.25, 0.3) is 16.8 Å². The van der Waals surface area contributed by atoms with Gasteiger partial charge in [0.05, 0.1) is 5.69 Å². The van der Waals surface area contributed by atoms with Crippen molar-refractivity contribution in [1.29, 1.82) is 0 Å². The molecule has 0 radical (unpaired) electrons. The van der Waals surface area contributed by atoms with Crippen LogP contribution in [0.2, 0.25) is 0 Å². The smallest absolute Gasteiger partial charge is 0.335 e. The van der Waals surface area contributed by atoms with Gasteiger partial charge < -0.3 is 4.74 Å². The Hall–Kier alpha value is -4.71. The third-order valence-corrected chi connectivity index (χ3v) is 5.94. The summed E-state index contributed by atoms with van der Waals surface area (Å²) in [6.45, 7) is 2.11. The normalized spacial score (nSPS) is 14.9. The van der Waals surface area contributed by atoms with E-state index in [1.54, 1.807) is 43.3 Å². The van der Waals surface area contributed by atoms with Crippen LogP contribution in [-0.4, -0.2) is 17.8 Å². The fourth-order valence-corrected chi connectivity index (χ4v) is 4.15. The van der Waals surface area contributed by atoms with Gasteiger partial charge in [0.25, 0.3) is 11.8 Å². The Kier molecular flexibility index (Phi) is 5.85. The van der Waals surface area contributed by atoms with Crippen LogP contribution in [0.15, 0.2) is 96.6 Å². The molecule has 5 rings (SSSR count). The van der Waals surface area contributed by atoms with Gasteiger partial charge in [-0.05, 0) is 47.0 Å². The van der Waals surface area contributed by atoms with Crippen LogP contribution in [0.3, 0.4) is 0 Å².